The molecule has 1 fully saturated rings. The second kappa shape index (κ2) is 12.0. The van der Waals surface area contributed by atoms with Crippen LogP contribution >= 0.6 is 0 Å². The van der Waals surface area contributed by atoms with Gasteiger partial charge in [-0.3, -0.25) is 9.59 Å². The zero-order valence-corrected chi connectivity index (χ0v) is 19.2. The molecular formula is C26H31FN2O4. The fourth-order valence-electron chi connectivity index (χ4n) is 3.69. The third kappa shape index (κ3) is 6.81. The molecule has 176 valence electrons. The summed E-state index contributed by atoms with van der Waals surface area (Å²) in [6.45, 7) is 3.68. The average Bonchev–Trinajstić information content (AvgIpc) is 2.83. The number of carbonyl (C=O) groups excluding carboxylic acids is 2. The Morgan fingerprint density at radius 3 is 2.61 bits per heavy atom. The van der Waals surface area contributed by atoms with Gasteiger partial charge < -0.3 is 19.7 Å². The van der Waals surface area contributed by atoms with Crippen molar-refractivity contribution < 1.29 is 23.5 Å². The Hall–Kier alpha value is -3.35. The summed E-state index contributed by atoms with van der Waals surface area (Å²) >= 11 is 0. The number of likely N-dealkylation sites (tertiary alicyclic amines) is 1. The van der Waals surface area contributed by atoms with Crippen LogP contribution in [0.4, 0.5) is 4.39 Å². The number of halogens is 1. The maximum atomic E-state index is 13.9. The predicted molar refractivity (Wildman–Crippen MR) is 126 cm³/mol. The molecule has 0 radical (unpaired) electrons. The summed E-state index contributed by atoms with van der Waals surface area (Å²) < 4.78 is 25.0. The van der Waals surface area contributed by atoms with Crippen molar-refractivity contribution in [3.8, 4) is 11.5 Å². The van der Waals surface area contributed by atoms with Crippen molar-refractivity contribution >= 4 is 17.9 Å². The molecule has 1 saturated heterocycles. The van der Waals surface area contributed by atoms with Gasteiger partial charge in [-0.2, -0.15) is 0 Å². The molecule has 0 aliphatic carbocycles. The normalized spacial score (nSPS) is 14.3. The highest BCUT2D eigenvalue weighted by Crippen LogP contribution is 2.28. The van der Waals surface area contributed by atoms with E-state index in [1.165, 1.54) is 18.2 Å². The first-order valence-electron chi connectivity index (χ1n) is 11.3. The van der Waals surface area contributed by atoms with Crippen LogP contribution in [-0.2, 0) is 4.79 Å². The molecule has 0 bridgehead atoms. The quantitative estimate of drug-likeness (QED) is 0.449. The third-order valence-electron chi connectivity index (χ3n) is 5.60. The molecule has 0 atom stereocenters. The van der Waals surface area contributed by atoms with Crippen LogP contribution in [0.2, 0.25) is 0 Å². The first kappa shape index (κ1) is 24.3. The van der Waals surface area contributed by atoms with Gasteiger partial charge in [0.25, 0.3) is 5.91 Å². The van der Waals surface area contributed by atoms with Crippen LogP contribution in [0.5, 0.6) is 11.5 Å². The van der Waals surface area contributed by atoms with Crippen molar-refractivity contribution in [3.63, 3.8) is 0 Å². The number of hydrogen-bond acceptors (Lipinski definition) is 4. The maximum Gasteiger partial charge on any atom is 0.256 e. The summed E-state index contributed by atoms with van der Waals surface area (Å²) in [5.41, 5.74) is 0.912. The molecule has 0 unspecified atom stereocenters. The fourth-order valence-corrected chi connectivity index (χ4v) is 3.69. The average molecular weight is 455 g/mol. The molecule has 33 heavy (non-hydrogen) atoms. The molecule has 2 amide bonds. The minimum atomic E-state index is -0.514. The molecule has 2 aromatic carbocycles. The molecule has 0 spiro atoms. The number of benzene rings is 2. The van der Waals surface area contributed by atoms with Gasteiger partial charge in [-0.25, -0.2) is 4.39 Å². The lowest BCUT2D eigenvalue weighted by molar-refractivity contribution is -0.117. The fraction of sp³-hybridized carbons (Fsp3) is 0.385. The third-order valence-corrected chi connectivity index (χ3v) is 5.60. The number of carbonyl (C=O) groups is 2. The van der Waals surface area contributed by atoms with Crippen molar-refractivity contribution in [1.29, 1.82) is 0 Å². The summed E-state index contributed by atoms with van der Waals surface area (Å²) in [7, 11) is 1.59. The first-order chi connectivity index (χ1) is 16.0. The number of nitrogens with one attached hydrogen (secondary N) is 1. The molecule has 1 N–H and O–H groups in total. The van der Waals surface area contributed by atoms with E-state index in [0.717, 1.165) is 18.4 Å². The largest absolute Gasteiger partial charge is 0.493 e. The minimum absolute atomic E-state index is 0.0318. The molecule has 7 heteroatoms. The predicted octanol–water partition coefficient (Wildman–Crippen LogP) is 4.45. The van der Waals surface area contributed by atoms with Crippen molar-refractivity contribution in [1.82, 2.24) is 10.2 Å². The lowest BCUT2D eigenvalue weighted by Crippen LogP contribution is -2.46. The Bertz CT molecular complexity index is 984. The van der Waals surface area contributed by atoms with Crippen LogP contribution < -0.4 is 14.8 Å². The van der Waals surface area contributed by atoms with E-state index in [1.807, 2.05) is 18.2 Å². The number of amides is 2. The minimum Gasteiger partial charge on any atom is -0.493 e. The summed E-state index contributed by atoms with van der Waals surface area (Å²) in [6, 6.07) is 11.5. The summed E-state index contributed by atoms with van der Waals surface area (Å²) in [6.07, 6.45) is 6.49. The SMILES string of the molecule is CCCCOc1ccc(C=CC(=O)NC2CCN(C(=O)c3ccccc3F)CC2)cc1OC. The number of ether oxygens (including phenoxy) is 2. The van der Waals surface area contributed by atoms with Crippen LogP contribution in [0, 0.1) is 5.82 Å². The van der Waals surface area contributed by atoms with Crippen molar-refractivity contribution in [2.75, 3.05) is 26.8 Å². The Labute approximate surface area is 194 Å². The van der Waals surface area contributed by atoms with E-state index in [9.17, 15) is 14.0 Å². The van der Waals surface area contributed by atoms with Gasteiger partial charge in [-0.1, -0.05) is 31.5 Å². The Balaban J connectivity index is 1.49. The molecular weight excluding hydrogens is 423 g/mol. The Morgan fingerprint density at radius 1 is 1.15 bits per heavy atom. The second-order valence-electron chi connectivity index (χ2n) is 8.00. The lowest BCUT2D eigenvalue weighted by atomic mass is 10.0. The summed E-state index contributed by atoms with van der Waals surface area (Å²) in [5.74, 6) is 0.287. The van der Waals surface area contributed by atoms with Crippen LogP contribution in [0.15, 0.2) is 48.5 Å². The van der Waals surface area contributed by atoms with Gasteiger partial charge >= 0.3 is 0 Å². The van der Waals surface area contributed by atoms with E-state index in [0.29, 0.717) is 44.0 Å². The van der Waals surface area contributed by atoms with E-state index >= 15 is 0 Å². The van der Waals surface area contributed by atoms with E-state index in [2.05, 4.69) is 12.2 Å². The molecule has 3 rings (SSSR count). The molecule has 1 aliphatic heterocycles. The number of nitrogens with zero attached hydrogens (tertiary/aromatic N) is 1. The highest BCUT2D eigenvalue weighted by Gasteiger charge is 2.25. The van der Waals surface area contributed by atoms with E-state index in [-0.39, 0.29) is 23.4 Å². The molecule has 0 aromatic heterocycles. The van der Waals surface area contributed by atoms with Crippen LogP contribution in [0.25, 0.3) is 6.08 Å². The molecule has 1 heterocycles. The van der Waals surface area contributed by atoms with Gasteiger partial charge in [-0.15, -0.1) is 0 Å². The second-order valence-corrected chi connectivity index (χ2v) is 8.00. The Morgan fingerprint density at radius 2 is 1.91 bits per heavy atom. The number of hydrogen-bond donors (Lipinski definition) is 1. The topological polar surface area (TPSA) is 67.9 Å². The van der Waals surface area contributed by atoms with Crippen LogP contribution in [0.1, 0.15) is 48.5 Å². The van der Waals surface area contributed by atoms with Gasteiger partial charge in [0.2, 0.25) is 5.91 Å². The molecule has 1 aliphatic rings. The van der Waals surface area contributed by atoms with Crippen molar-refractivity contribution in [2.45, 2.75) is 38.6 Å². The van der Waals surface area contributed by atoms with Crippen molar-refractivity contribution in [2.24, 2.45) is 0 Å². The smallest absolute Gasteiger partial charge is 0.256 e. The van der Waals surface area contributed by atoms with Crippen LogP contribution in [-0.4, -0.2) is 49.6 Å². The highest BCUT2D eigenvalue weighted by atomic mass is 19.1. The number of rotatable bonds is 9. The standard InChI is InChI=1S/C26H31FN2O4/c1-3-4-17-33-23-11-9-19(18-24(23)32-2)10-12-25(30)28-20-13-15-29(16-14-20)26(31)21-7-5-6-8-22(21)27/h5-12,18,20H,3-4,13-17H2,1-2H3,(H,28,30). The van der Waals surface area contributed by atoms with E-state index in [4.69, 9.17) is 9.47 Å². The first-order valence-corrected chi connectivity index (χ1v) is 11.3. The van der Waals surface area contributed by atoms with Gasteiger partial charge in [0.1, 0.15) is 5.82 Å². The number of piperidine rings is 1. The van der Waals surface area contributed by atoms with Gasteiger partial charge in [-0.05, 0) is 55.2 Å². The highest BCUT2D eigenvalue weighted by molar-refractivity contribution is 5.94. The summed E-state index contributed by atoms with van der Waals surface area (Å²) in [5, 5.41) is 2.98. The van der Waals surface area contributed by atoms with Crippen LogP contribution in [0.3, 0.4) is 0 Å². The lowest BCUT2D eigenvalue weighted by Gasteiger charge is -2.32. The van der Waals surface area contributed by atoms with Gasteiger partial charge in [0.05, 0.1) is 19.3 Å². The molecule has 2 aromatic rings. The number of unbranched alkanes of at least 4 members (excludes halogenated alkanes) is 1. The zero-order chi connectivity index (χ0) is 23.6. The maximum absolute atomic E-state index is 13.9. The van der Waals surface area contributed by atoms with Gasteiger partial charge in [0, 0.05) is 25.2 Å². The van der Waals surface area contributed by atoms with E-state index in [1.54, 1.807) is 30.2 Å². The Kier molecular flexibility index (Phi) is 8.87. The zero-order valence-electron chi connectivity index (χ0n) is 19.2. The summed E-state index contributed by atoms with van der Waals surface area (Å²) in [4.78, 5) is 26.5. The number of methoxy groups -OCH3 is 1. The van der Waals surface area contributed by atoms with Crippen molar-refractivity contribution in [3.05, 3.63) is 65.5 Å². The molecule has 6 nitrogen and oxygen atoms in total. The molecule has 0 saturated carbocycles. The van der Waals surface area contributed by atoms with Gasteiger partial charge in [0.15, 0.2) is 11.5 Å². The monoisotopic (exact) mass is 454 g/mol. The van der Waals surface area contributed by atoms with E-state index < -0.39 is 5.82 Å².